The van der Waals surface area contributed by atoms with Crippen molar-refractivity contribution in [3.05, 3.63) is 65.6 Å². The zero-order valence-corrected chi connectivity index (χ0v) is 16.3. The Bertz CT molecular complexity index is 1100. The van der Waals surface area contributed by atoms with Gasteiger partial charge >= 0.3 is 0 Å². The van der Waals surface area contributed by atoms with Crippen LogP contribution in [-0.2, 0) is 6.54 Å². The van der Waals surface area contributed by atoms with Gasteiger partial charge in [0.1, 0.15) is 16.5 Å². The van der Waals surface area contributed by atoms with Crippen molar-refractivity contribution in [2.75, 3.05) is 0 Å². The Morgan fingerprint density at radius 2 is 2.00 bits per heavy atom. The molecule has 0 atom stereocenters. The lowest BCUT2D eigenvalue weighted by Gasteiger charge is -2.09. The number of thiazole rings is 1. The third-order valence-corrected chi connectivity index (χ3v) is 4.89. The largest absolute Gasteiger partial charge is 0.491 e. The van der Waals surface area contributed by atoms with E-state index in [2.05, 4.69) is 20.5 Å². The van der Waals surface area contributed by atoms with Gasteiger partial charge in [-0.1, -0.05) is 6.07 Å². The fraction of sp³-hybridized carbons (Fsp3) is 0.200. The number of carbonyl (C=O) groups is 1. The molecule has 0 fully saturated rings. The molecule has 4 rings (SSSR count). The van der Waals surface area contributed by atoms with Gasteiger partial charge in [0.05, 0.1) is 12.6 Å². The van der Waals surface area contributed by atoms with E-state index in [1.54, 1.807) is 5.38 Å². The number of rotatable bonds is 6. The lowest BCUT2D eigenvalue weighted by molar-refractivity contribution is 0.0945. The van der Waals surface area contributed by atoms with Gasteiger partial charge in [0.25, 0.3) is 5.91 Å². The Morgan fingerprint density at radius 1 is 1.18 bits per heavy atom. The number of nitrogens with zero attached hydrogens (tertiary/aromatic N) is 4. The minimum Gasteiger partial charge on any atom is -0.491 e. The molecule has 0 unspecified atom stereocenters. The summed E-state index contributed by atoms with van der Waals surface area (Å²) in [5.74, 6) is 1.24. The first-order chi connectivity index (χ1) is 13.6. The average Bonchev–Trinajstić information content (AvgIpc) is 3.34. The number of amides is 1. The fourth-order valence-corrected chi connectivity index (χ4v) is 3.53. The predicted octanol–water partition coefficient (Wildman–Crippen LogP) is 3.57. The zero-order chi connectivity index (χ0) is 19.5. The molecule has 0 radical (unpaired) electrons. The Morgan fingerprint density at radius 3 is 2.79 bits per heavy atom. The molecule has 0 aliphatic carbocycles. The van der Waals surface area contributed by atoms with Gasteiger partial charge in [0, 0.05) is 17.1 Å². The molecule has 3 aromatic heterocycles. The molecule has 1 N–H and O–H groups in total. The van der Waals surface area contributed by atoms with Gasteiger partial charge in [0.15, 0.2) is 11.5 Å². The van der Waals surface area contributed by atoms with E-state index in [4.69, 9.17) is 4.74 Å². The van der Waals surface area contributed by atoms with Crippen molar-refractivity contribution in [1.29, 1.82) is 0 Å². The molecule has 1 aromatic carbocycles. The Balaban J connectivity index is 1.43. The molecule has 28 heavy (non-hydrogen) atoms. The molecule has 0 aliphatic heterocycles. The maximum Gasteiger partial charge on any atom is 0.271 e. The van der Waals surface area contributed by atoms with Crippen LogP contribution < -0.4 is 10.1 Å². The molecule has 8 heteroatoms. The number of nitrogens with one attached hydrogen (secondary N) is 1. The Labute approximate surface area is 166 Å². The molecular weight excluding hydrogens is 374 g/mol. The second-order valence-electron chi connectivity index (χ2n) is 6.46. The van der Waals surface area contributed by atoms with Crippen LogP contribution >= 0.6 is 11.3 Å². The van der Waals surface area contributed by atoms with Gasteiger partial charge in [-0.25, -0.2) is 4.98 Å². The number of hydrogen-bond acceptors (Lipinski definition) is 6. The van der Waals surface area contributed by atoms with Gasteiger partial charge < -0.3 is 10.1 Å². The van der Waals surface area contributed by atoms with Crippen molar-refractivity contribution in [1.82, 2.24) is 24.9 Å². The number of hydrogen-bond donors (Lipinski definition) is 1. The number of pyridine rings is 1. The molecular formula is C20H19N5O2S. The summed E-state index contributed by atoms with van der Waals surface area (Å²) in [4.78, 5) is 16.9. The van der Waals surface area contributed by atoms with Crippen molar-refractivity contribution >= 4 is 22.9 Å². The first kappa shape index (κ1) is 18.1. The van der Waals surface area contributed by atoms with Gasteiger partial charge in [-0.05, 0) is 50.2 Å². The molecule has 0 spiro atoms. The van der Waals surface area contributed by atoms with E-state index in [1.165, 1.54) is 11.3 Å². The first-order valence-corrected chi connectivity index (χ1v) is 9.77. The lowest BCUT2D eigenvalue weighted by Crippen LogP contribution is -2.24. The Kier molecular flexibility index (Phi) is 5.03. The van der Waals surface area contributed by atoms with Crippen LogP contribution in [0.15, 0.2) is 54.0 Å². The zero-order valence-electron chi connectivity index (χ0n) is 15.5. The lowest BCUT2D eigenvalue weighted by atomic mass is 10.2. The number of fused-ring (bicyclic) bond motifs is 1. The second-order valence-corrected chi connectivity index (χ2v) is 7.31. The summed E-state index contributed by atoms with van der Waals surface area (Å²) in [6.07, 6.45) is 1.99. The summed E-state index contributed by atoms with van der Waals surface area (Å²) in [5.41, 5.74) is 2.08. The smallest absolute Gasteiger partial charge is 0.271 e. The fourth-order valence-electron chi connectivity index (χ4n) is 2.72. The SMILES string of the molecule is CC(C)Oc1ccc(-c2nc(C(=O)NCc3nnc4ccccn34)cs2)cc1. The molecule has 3 heterocycles. The highest BCUT2D eigenvalue weighted by Crippen LogP contribution is 2.26. The maximum atomic E-state index is 12.5. The molecule has 142 valence electrons. The van der Waals surface area contributed by atoms with Gasteiger partial charge in [-0.2, -0.15) is 0 Å². The van der Waals surface area contributed by atoms with Crippen LogP contribution in [-0.4, -0.2) is 31.6 Å². The molecule has 7 nitrogen and oxygen atoms in total. The van der Waals surface area contributed by atoms with E-state index in [0.29, 0.717) is 11.5 Å². The van der Waals surface area contributed by atoms with E-state index >= 15 is 0 Å². The molecule has 0 bridgehead atoms. The van der Waals surface area contributed by atoms with Crippen molar-refractivity contribution in [2.24, 2.45) is 0 Å². The summed E-state index contributed by atoms with van der Waals surface area (Å²) in [5, 5.41) is 13.6. The van der Waals surface area contributed by atoms with Crippen LogP contribution in [0.1, 0.15) is 30.2 Å². The molecule has 0 saturated heterocycles. The second kappa shape index (κ2) is 7.77. The Hall–Kier alpha value is -3.26. The minimum absolute atomic E-state index is 0.128. The van der Waals surface area contributed by atoms with Crippen LogP contribution in [0.4, 0.5) is 0 Å². The third kappa shape index (κ3) is 3.86. The van der Waals surface area contributed by atoms with Crippen LogP contribution in [0.3, 0.4) is 0 Å². The van der Waals surface area contributed by atoms with Crippen molar-refractivity contribution in [3.8, 4) is 16.3 Å². The number of aromatic nitrogens is 4. The topological polar surface area (TPSA) is 81.4 Å². The summed E-state index contributed by atoms with van der Waals surface area (Å²) < 4.78 is 7.49. The highest BCUT2D eigenvalue weighted by Gasteiger charge is 2.13. The van der Waals surface area contributed by atoms with E-state index in [-0.39, 0.29) is 18.6 Å². The highest BCUT2D eigenvalue weighted by atomic mass is 32.1. The summed E-state index contributed by atoms with van der Waals surface area (Å²) in [7, 11) is 0. The van der Waals surface area contributed by atoms with Crippen LogP contribution in [0.2, 0.25) is 0 Å². The summed E-state index contributed by atoms with van der Waals surface area (Å²) in [6.45, 7) is 4.25. The molecule has 4 aromatic rings. The monoisotopic (exact) mass is 393 g/mol. The van der Waals surface area contributed by atoms with E-state index < -0.39 is 0 Å². The first-order valence-electron chi connectivity index (χ1n) is 8.89. The summed E-state index contributed by atoms with van der Waals surface area (Å²) in [6, 6.07) is 13.4. The van der Waals surface area contributed by atoms with Crippen LogP contribution in [0.5, 0.6) is 5.75 Å². The minimum atomic E-state index is -0.241. The van der Waals surface area contributed by atoms with Crippen molar-refractivity contribution < 1.29 is 9.53 Å². The van der Waals surface area contributed by atoms with Gasteiger partial charge in [-0.15, -0.1) is 21.5 Å². The van der Waals surface area contributed by atoms with Crippen molar-refractivity contribution in [3.63, 3.8) is 0 Å². The molecule has 0 saturated carbocycles. The molecule has 1 amide bonds. The van der Waals surface area contributed by atoms with E-state index in [1.807, 2.05) is 66.9 Å². The average molecular weight is 393 g/mol. The molecule has 0 aliphatic rings. The number of benzene rings is 1. The van der Waals surface area contributed by atoms with Gasteiger partial charge in [-0.3, -0.25) is 9.20 Å². The van der Waals surface area contributed by atoms with Gasteiger partial charge in [0.2, 0.25) is 0 Å². The third-order valence-electron chi connectivity index (χ3n) is 4.00. The van der Waals surface area contributed by atoms with E-state index in [0.717, 1.165) is 22.0 Å². The van der Waals surface area contributed by atoms with Crippen LogP contribution in [0.25, 0.3) is 16.2 Å². The number of carbonyl (C=O) groups excluding carboxylic acids is 1. The normalized spacial score (nSPS) is 11.1. The summed E-state index contributed by atoms with van der Waals surface area (Å²) >= 11 is 1.43. The number of ether oxygens (including phenoxy) is 1. The van der Waals surface area contributed by atoms with Crippen LogP contribution in [0, 0.1) is 0 Å². The van der Waals surface area contributed by atoms with Crippen molar-refractivity contribution in [2.45, 2.75) is 26.5 Å². The quantitative estimate of drug-likeness (QED) is 0.542. The highest BCUT2D eigenvalue weighted by molar-refractivity contribution is 7.13. The predicted molar refractivity (Wildman–Crippen MR) is 107 cm³/mol. The van der Waals surface area contributed by atoms with E-state index in [9.17, 15) is 4.79 Å². The maximum absolute atomic E-state index is 12.5. The standard InChI is InChI=1S/C20H19N5O2S/c1-13(2)27-15-8-6-14(7-9-15)20-22-16(12-28-20)19(26)21-11-18-24-23-17-5-3-4-10-25(17)18/h3-10,12-13H,11H2,1-2H3,(H,21,26).